The summed E-state index contributed by atoms with van der Waals surface area (Å²) in [5, 5.41) is 48.7. The van der Waals surface area contributed by atoms with Crippen LogP contribution in [0.15, 0.2) is 124 Å². The third-order valence-corrected chi connectivity index (χ3v) is 11.9. The molecule has 37 nitrogen and oxygen atoms in total. The number of aromatic nitrogens is 28. The summed E-state index contributed by atoms with van der Waals surface area (Å²) in [7, 11) is 5.99. The third kappa shape index (κ3) is 13.8. The first-order valence-electron chi connectivity index (χ1n) is 27.4. The van der Waals surface area contributed by atoms with Crippen LogP contribution in [0.4, 0.5) is 0 Å². The summed E-state index contributed by atoms with van der Waals surface area (Å²) in [5.41, 5.74) is 2.79. The number of H-pyrrole nitrogens is 4. The lowest BCUT2D eigenvalue weighted by Crippen LogP contribution is -2.24. The van der Waals surface area contributed by atoms with Gasteiger partial charge in [0.25, 0.3) is 0 Å². The number of rotatable bonds is 19. The molecule has 4 N–H and O–H groups in total. The van der Waals surface area contributed by atoms with Gasteiger partial charge in [0.1, 0.15) is 32.2 Å². The van der Waals surface area contributed by atoms with Crippen LogP contribution in [0, 0.1) is 19.3 Å². The van der Waals surface area contributed by atoms with E-state index in [0.29, 0.717) is 57.7 Å². The molecule has 0 atom stereocenters. The van der Waals surface area contributed by atoms with Crippen molar-refractivity contribution in [3.63, 3.8) is 0 Å². The SMILES string of the molecule is [3H]n1ccc(OCc2c(C#C)ccnc2-n2nnn(C)c2=O)n1.[3H]n1ccc(OCc2c(C)ccnc2-n2nnn(C)c2=O)n1.[3H]n1ccc(OCc2c(C=C)ccnc2-n2nnn(C)c2=O)n1.[3H]n1ccc(OCc2c(OCC)ccnc2-n2nnn(C)c2=O)n1. The topological polar surface area (TPSA) is 423 Å². The van der Waals surface area contributed by atoms with Gasteiger partial charge in [-0.2, -0.15) is 18.7 Å². The lowest BCUT2D eigenvalue weighted by molar-refractivity contribution is 0.276. The predicted molar refractivity (Wildman–Crippen MR) is 303 cm³/mol. The van der Waals surface area contributed by atoms with Gasteiger partial charge >= 0.3 is 22.8 Å². The monoisotopic (exact) mass is 1210 g/mol. The zero-order chi connectivity index (χ0) is 65.6. The Bertz CT molecular complexity index is 4820. The van der Waals surface area contributed by atoms with Gasteiger partial charge in [-0.15, -0.1) is 45.5 Å². The Morgan fingerprint density at radius 2 is 0.841 bits per heavy atom. The van der Waals surface area contributed by atoms with Gasteiger partial charge in [0, 0.05) is 119 Å². The second-order valence-electron chi connectivity index (χ2n) is 17.5. The molecular formula is C51H52N28O9. The number of terminal acetylenes is 1. The third-order valence-electron chi connectivity index (χ3n) is 11.9. The van der Waals surface area contributed by atoms with Gasteiger partial charge in [-0.1, -0.05) is 18.6 Å². The van der Waals surface area contributed by atoms with Crippen LogP contribution in [0.5, 0.6) is 29.3 Å². The number of hydrogen-bond acceptors (Lipinski definition) is 25. The maximum atomic E-state index is 12.1. The minimum atomic E-state index is -0.455. The molecule has 12 heterocycles. The average molecular weight is 1210 g/mol. The highest BCUT2D eigenvalue weighted by Gasteiger charge is 2.21. The summed E-state index contributed by atoms with van der Waals surface area (Å²) >= 11 is 0. The zero-order valence-corrected chi connectivity index (χ0v) is 47.3. The lowest BCUT2D eigenvalue weighted by atomic mass is 10.1. The van der Waals surface area contributed by atoms with Gasteiger partial charge in [0.15, 0.2) is 28.9 Å². The van der Waals surface area contributed by atoms with Crippen molar-refractivity contribution in [2.75, 3.05) is 6.61 Å². The van der Waals surface area contributed by atoms with Crippen molar-refractivity contribution in [3.05, 3.63) is 186 Å². The number of nitrogens with zero attached hydrogens (tertiary/aromatic N) is 24. The minimum absolute atomic E-state index is 0.0166. The molecule has 0 aromatic carbocycles. The lowest BCUT2D eigenvalue weighted by Gasteiger charge is -2.13. The van der Waals surface area contributed by atoms with Crippen LogP contribution >= 0.6 is 0 Å². The average Bonchev–Trinajstić information content (AvgIpc) is 1.67. The summed E-state index contributed by atoms with van der Waals surface area (Å²) in [6.07, 6.45) is 19.0. The number of ether oxygens (including phenoxy) is 5. The number of tetrazole rings is 4. The second-order valence-corrected chi connectivity index (χ2v) is 17.5. The Balaban J connectivity index is 0.000000145. The maximum absolute atomic E-state index is 12.1. The predicted octanol–water partition coefficient (Wildman–Crippen LogP) is -0.0162. The van der Waals surface area contributed by atoms with Gasteiger partial charge in [0.2, 0.25) is 23.5 Å². The Labute approximate surface area is 499 Å². The Kier molecular flexibility index (Phi) is 17.3. The van der Waals surface area contributed by atoms with Crippen molar-refractivity contribution in [2.24, 2.45) is 28.2 Å². The smallest absolute Gasteiger partial charge is 0.369 e. The molecule has 0 aliphatic rings. The summed E-state index contributed by atoms with van der Waals surface area (Å²) in [5.74, 6) is 5.35. The molecule has 0 aliphatic carbocycles. The first kappa shape index (κ1) is 54.5. The van der Waals surface area contributed by atoms with E-state index in [1.165, 1.54) is 71.4 Å². The molecule has 12 aromatic rings. The van der Waals surface area contributed by atoms with Crippen molar-refractivity contribution in [1.29, 1.82) is 0 Å². The summed E-state index contributed by atoms with van der Waals surface area (Å²) in [4.78, 5) is 65.0. The summed E-state index contributed by atoms with van der Waals surface area (Å²) < 4.78 is 65.7. The molecule has 0 aliphatic heterocycles. The van der Waals surface area contributed by atoms with Crippen LogP contribution in [-0.4, -0.2) is 146 Å². The van der Waals surface area contributed by atoms with E-state index in [2.05, 4.69) is 94.5 Å². The first-order chi connectivity index (χ1) is 44.3. The molecule has 0 bridgehead atoms. The van der Waals surface area contributed by atoms with Gasteiger partial charge in [0.05, 0.1) is 17.7 Å². The highest BCUT2D eigenvalue weighted by molar-refractivity contribution is 5.56. The van der Waals surface area contributed by atoms with Crippen LogP contribution in [0.1, 0.15) is 45.9 Å². The molecule has 0 saturated carbocycles. The first-order valence-corrected chi connectivity index (χ1v) is 25.6. The zero-order valence-electron chi connectivity index (χ0n) is 51.3. The minimum Gasteiger partial charge on any atom is -0.493 e. The van der Waals surface area contributed by atoms with Gasteiger partial charge in [-0.3, -0.25) is 20.4 Å². The van der Waals surface area contributed by atoms with Gasteiger partial charge < -0.3 is 23.7 Å². The van der Waals surface area contributed by atoms with E-state index < -0.39 is 22.8 Å². The molecular weight excluding hydrogens is 1150 g/mol. The van der Waals surface area contributed by atoms with Crippen molar-refractivity contribution >= 4 is 6.08 Å². The van der Waals surface area contributed by atoms with Crippen LogP contribution in [0.3, 0.4) is 0 Å². The van der Waals surface area contributed by atoms with Crippen molar-refractivity contribution in [1.82, 2.24) is 140 Å². The highest BCUT2D eigenvalue weighted by Crippen LogP contribution is 2.25. The molecule has 450 valence electrons. The number of nitrogens with one attached hydrogen (secondary N) is 4. The molecule has 0 unspecified atom stereocenters. The Morgan fingerprint density at radius 1 is 0.489 bits per heavy atom. The standard InChI is InChI=1S/C13H15N7O3.C13H13N7O2.C13H11N7O2.C12H13N7O2/c1-3-22-10-4-6-14-12(20-13(21)19(2)17-18-20)9(10)8-23-11-5-7-15-16-11;2*1-3-9-4-6-14-12(20-13(21)19(2)17-18-20)10(9)8-22-11-5-7-15-16-11;1-8-3-5-13-11(19-12(20)18(2)16-17-19)9(8)7-21-10-4-6-14-15-10/h4-7H,3,8H2,1-2H3,(H,15,16);3-7H,1,8H2,2H3,(H,15,16);1,4-7H,8H2,2H3,(H,15,16);3-6H,7H2,1-2H3,(H,14,15)/i/hT4. The largest absolute Gasteiger partial charge is 0.493 e. The molecule has 0 amide bonds. The fourth-order valence-corrected chi connectivity index (χ4v) is 7.53. The molecule has 12 rings (SSSR count). The quantitative estimate of drug-likeness (QED) is 0.0773. The summed E-state index contributed by atoms with van der Waals surface area (Å²) in [6, 6.07) is 13.1. The van der Waals surface area contributed by atoms with Crippen molar-refractivity contribution in [2.45, 2.75) is 40.3 Å². The van der Waals surface area contributed by atoms with Gasteiger partial charge in [-0.25, -0.2) is 39.1 Å². The van der Waals surface area contributed by atoms with E-state index in [1.807, 2.05) is 19.9 Å². The normalized spacial score (nSPS) is 11.2. The van der Waals surface area contributed by atoms with Crippen LogP contribution in [-0.2, 0) is 54.6 Å². The fraction of sp³-hybridized carbons (Fsp3) is 0.216. The van der Waals surface area contributed by atoms with E-state index in [-0.39, 0.29) is 55.7 Å². The Hall–Kier alpha value is -12.8. The summed E-state index contributed by atoms with van der Waals surface area (Å²) in [6.45, 7) is 8.21. The number of aromatic amines is 4. The van der Waals surface area contributed by atoms with E-state index >= 15 is 0 Å². The Morgan fingerprint density at radius 3 is 1.22 bits per heavy atom. The molecule has 88 heavy (non-hydrogen) atoms. The number of hydrogen-bond donors (Lipinski definition) is 4. The van der Waals surface area contributed by atoms with E-state index in [0.717, 1.165) is 68.9 Å². The van der Waals surface area contributed by atoms with E-state index in [9.17, 15) is 19.2 Å². The maximum Gasteiger partial charge on any atom is 0.369 e. The van der Waals surface area contributed by atoms with Gasteiger partial charge in [-0.05, 0) is 90.9 Å². The number of pyridine rings is 4. The molecule has 12 aromatic heterocycles. The van der Waals surface area contributed by atoms with E-state index in [4.69, 9.17) is 35.8 Å². The van der Waals surface area contributed by atoms with Crippen LogP contribution < -0.4 is 46.4 Å². The molecule has 0 radical (unpaired) electrons. The molecule has 0 saturated heterocycles. The van der Waals surface area contributed by atoms with Crippen molar-refractivity contribution < 1.29 is 29.3 Å². The second kappa shape index (κ2) is 28.0. The van der Waals surface area contributed by atoms with Crippen LogP contribution in [0.25, 0.3) is 29.3 Å². The molecule has 0 fully saturated rings. The fourth-order valence-electron chi connectivity index (χ4n) is 7.53. The van der Waals surface area contributed by atoms with Crippen molar-refractivity contribution in [3.8, 4) is 64.9 Å². The van der Waals surface area contributed by atoms with E-state index in [1.54, 1.807) is 54.9 Å². The molecule has 0 spiro atoms. The van der Waals surface area contributed by atoms with Crippen LogP contribution in [0.2, 0.25) is 5.65 Å². The number of aryl methyl sites for hydroxylation is 5. The molecule has 37 heteroatoms. The highest BCUT2D eigenvalue weighted by atomic mass is 16.5.